The zero-order valence-electron chi connectivity index (χ0n) is 35.2. The van der Waals surface area contributed by atoms with Crippen molar-refractivity contribution in [1.29, 1.82) is 0 Å². The molecule has 2 atom stereocenters. The minimum atomic E-state index is -0.687. The van der Waals surface area contributed by atoms with Crippen LogP contribution in [0.2, 0.25) is 0 Å². The van der Waals surface area contributed by atoms with E-state index in [1.165, 1.54) is 21.3 Å². The van der Waals surface area contributed by atoms with Gasteiger partial charge in [-0.3, -0.25) is 33.8 Å². The molecule has 4 aliphatic heterocycles. The van der Waals surface area contributed by atoms with Crippen molar-refractivity contribution in [2.75, 3.05) is 60.3 Å². The Kier molecular flexibility index (Phi) is 10.8. The average Bonchev–Trinajstić information content (AvgIpc) is 3.84. The van der Waals surface area contributed by atoms with Crippen LogP contribution in [-0.4, -0.2) is 76.6 Å². The summed E-state index contributed by atoms with van der Waals surface area (Å²) in [4.78, 5) is 72.1. The average molecular weight is 852 g/mol. The quantitative estimate of drug-likeness (QED) is 0.128. The molecule has 5 aromatic carbocycles. The molecule has 2 N–H and O–H groups in total. The van der Waals surface area contributed by atoms with Gasteiger partial charge in [-0.1, -0.05) is 36.4 Å². The van der Waals surface area contributed by atoms with E-state index in [0.717, 1.165) is 27.9 Å². The first-order valence-corrected chi connectivity index (χ1v) is 20.6. The molecular formula is C48H45N5O10. The lowest BCUT2D eigenvalue weighted by Gasteiger charge is -2.22. The number of benzene rings is 5. The van der Waals surface area contributed by atoms with E-state index < -0.39 is 12.1 Å². The van der Waals surface area contributed by atoms with Crippen molar-refractivity contribution >= 4 is 58.0 Å². The van der Waals surface area contributed by atoms with E-state index in [0.29, 0.717) is 71.6 Å². The molecule has 0 fully saturated rings. The fraction of sp³-hybridized carbons (Fsp3) is 0.271. The molecule has 15 heteroatoms. The third-order valence-corrected chi connectivity index (χ3v) is 11.9. The number of anilines is 5. The van der Waals surface area contributed by atoms with Crippen LogP contribution in [0.4, 0.5) is 28.4 Å². The SMILES string of the molecule is COC(=O)CCCN(C)c1cc(COc2cc3c(cc2OC)C(=O)N2c4ccccc4C[C@H]2C(=O)N3)cc(COc2cc3c(cc2OC)C(=O)N2c4ccccc4C[C@H]2C(=O)N3)c1. The highest BCUT2D eigenvalue weighted by molar-refractivity contribution is 6.21. The molecule has 63 heavy (non-hydrogen) atoms. The Hall–Kier alpha value is -7.55. The standard InChI is InChI=1S/C48H45N5O10/c1-51(15-9-14-44(54)61-4)31-17-27(25-62-42-23-34-32(21-40(42)59-2)47(57)52-36-12-7-5-10-29(36)19-38(52)45(55)49-34)16-28(18-31)26-63-43-24-35-33(22-41(43)60-3)48(58)53-37-13-8-6-11-30(37)20-39(53)46(56)50-35/h5-8,10-13,16-18,21-24,38-39H,9,14-15,19-20,25-26H2,1-4H3,(H,49,55)(H,50,56)/t38-,39-/m0/s1. The summed E-state index contributed by atoms with van der Waals surface area (Å²) in [5.41, 5.74) is 6.80. The highest BCUT2D eigenvalue weighted by Crippen LogP contribution is 2.43. The molecule has 5 aromatic rings. The predicted molar refractivity (Wildman–Crippen MR) is 234 cm³/mol. The molecule has 0 spiro atoms. The summed E-state index contributed by atoms with van der Waals surface area (Å²) < 4.78 is 29.1. The summed E-state index contributed by atoms with van der Waals surface area (Å²) in [6.07, 6.45) is 1.62. The van der Waals surface area contributed by atoms with E-state index in [1.807, 2.05) is 78.7 Å². The van der Waals surface area contributed by atoms with Crippen LogP contribution in [0.25, 0.3) is 0 Å². The maximum absolute atomic E-state index is 14.0. The second-order valence-corrected chi connectivity index (χ2v) is 15.8. The number of para-hydroxylation sites is 2. The van der Waals surface area contributed by atoms with Crippen LogP contribution in [0.1, 0.15) is 55.8 Å². The normalized spacial score (nSPS) is 16.8. The number of nitrogens with one attached hydrogen (secondary N) is 2. The van der Waals surface area contributed by atoms with Gasteiger partial charge in [0.2, 0.25) is 11.8 Å². The fourth-order valence-electron chi connectivity index (χ4n) is 8.75. The maximum Gasteiger partial charge on any atom is 0.305 e. The lowest BCUT2D eigenvalue weighted by molar-refractivity contribution is -0.140. The summed E-state index contributed by atoms with van der Waals surface area (Å²) in [7, 11) is 6.26. The van der Waals surface area contributed by atoms with Gasteiger partial charge in [0.25, 0.3) is 11.8 Å². The lowest BCUT2D eigenvalue weighted by Crippen LogP contribution is -2.42. The van der Waals surface area contributed by atoms with E-state index in [4.69, 9.17) is 23.7 Å². The van der Waals surface area contributed by atoms with Crippen LogP contribution in [0.3, 0.4) is 0 Å². The highest BCUT2D eigenvalue weighted by Gasteiger charge is 2.44. The smallest absolute Gasteiger partial charge is 0.305 e. The number of hydrogen-bond acceptors (Lipinski definition) is 11. The van der Waals surface area contributed by atoms with E-state index in [9.17, 15) is 24.0 Å². The largest absolute Gasteiger partial charge is 0.493 e. The highest BCUT2D eigenvalue weighted by atomic mass is 16.5. The molecule has 0 radical (unpaired) electrons. The van der Waals surface area contributed by atoms with E-state index >= 15 is 0 Å². The molecule has 4 heterocycles. The molecule has 4 aliphatic rings. The molecule has 15 nitrogen and oxygen atoms in total. The van der Waals surface area contributed by atoms with Gasteiger partial charge in [-0.2, -0.15) is 0 Å². The Morgan fingerprint density at radius 1 is 0.651 bits per heavy atom. The van der Waals surface area contributed by atoms with Gasteiger partial charge in [0.1, 0.15) is 25.3 Å². The number of rotatable bonds is 13. The molecular weight excluding hydrogens is 807 g/mol. The van der Waals surface area contributed by atoms with Crippen molar-refractivity contribution < 1.29 is 47.7 Å². The van der Waals surface area contributed by atoms with E-state index in [-0.39, 0.29) is 60.4 Å². The number of carbonyl (C=O) groups excluding carboxylic acids is 5. The first kappa shape index (κ1) is 40.8. The Balaban J connectivity index is 0.982. The summed E-state index contributed by atoms with van der Waals surface area (Å²) >= 11 is 0. The van der Waals surface area contributed by atoms with Gasteiger partial charge in [0.15, 0.2) is 23.0 Å². The van der Waals surface area contributed by atoms with Gasteiger partial charge >= 0.3 is 5.97 Å². The van der Waals surface area contributed by atoms with Crippen LogP contribution < -0.4 is 44.3 Å². The third kappa shape index (κ3) is 7.59. The fourth-order valence-corrected chi connectivity index (χ4v) is 8.75. The molecule has 0 saturated carbocycles. The Morgan fingerprint density at radius 3 is 1.59 bits per heavy atom. The molecule has 9 rings (SSSR count). The van der Waals surface area contributed by atoms with Crippen LogP contribution in [0.5, 0.6) is 23.0 Å². The second kappa shape index (κ2) is 16.7. The summed E-state index contributed by atoms with van der Waals surface area (Å²) in [6, 6.07) is 25.9. The lowest BCUT2D eigenvalue weighted by atomic mass is 10.1. The molecule has 0 saturated heterocycles. The molecule has 0 aromatic heterocycles. The number of nitrogens with zero attached hydrogens (tertiary/aromatic N) is 3. The predicted octanol–water partition coefficient (Wildman–Crippen LogP) is 6.30. The van der Waals surface area contributed by atoms with Crippen molar-refractivity contribution in [1.82, 2.24) is 0 Å². The Labute approximate surface area is 363 Å². The van der Waals surface area contributed by atoms with E-state index in [2.05, 4.69) is 10.6 Å². The van der Waals surface area contributed by atoms with Crippen LogP contribution in [0.15, 0.2) is 91.0 Å². The number of carbonyl (C=O) groups is 5. The van der Waals surface area contributed by atoms with Crippen LogP contribution >= 0.6 is 0 Å². The number of fused-ring (bicyclic) bond motifs is 8. The van der Waals surface area contributed by atoms with Gasteiger partial charge in [-0.15, -0.1) is 0 Å². The minimum absolute atomic E-state index is 0.0626. The molecule has 322 valence electrons. The first-order chi connectivity index (χ1) is 30.5. The molecule has 0 aliphatic carbocycles. The van der Waals surface area contributed by atoms with Gasteiger partial charge < -0.3 is 39.2 Å². The Morgan fingerprint density at radius 2 is 1.13 bits per heavy atom. The van der Waals surface area contributed by atoms with Crippen LogP contribution in [0, 0.1) is 0 Å². The number of esters is 1. The second-order valence-electron chi connectivity index (χ2n) is 15.8. The van der Waals surface area contributed by atoms with Crippen LogP contribution in [-0.2, 0) is 45.2 Å². The first-order valence-electron chi connectivity index (χ1n) is 20.6. The van der Waals surface area contributed by atoms with Crippen molar-refractivity contribution in [2.45, 2.75) is 51.0 Å². The van der Waals surface area contributed by atoms with Crippen molar-refractivity contribution in [3.05, 3.63) is 124 Å². The van der Waals surface area contributed by atoms with Gasteiger partial charge in [0, 0.05) is 62.0 Å². The summed E-state index contributed by atoms with van der Waals surface area (Å²) in [5.74, 6) is -0.270. The maximum atomic E-state index is 14.0. The van der Waals surface area contributed by atoms with Gasteiger partial charge in [0.05, 0.1) is 43.8 Å². The van der Waals surface area contributed by atoms with Crippen molar-refractivity contribution in [3.8, 4) is 23.0 Å². The molecule has 4 amide bonds. The van der Waals surface area contributed by atoms with Crippen molar-refractivity contribution in [2.24, 2.45) is 0 Å². The van der Waals surface area contributed by atoms with E-state index in [1.54, 1.807) is 34.1 Å². The number of methoxy groups -OCH3 is 3. The third-order valence-electron chi connectivity index (χ3n) is 11.9. The zero-order valence-corrected chi connectivity index (χ0v) is 35.2. The number of ether oxygens (including phenoxy) is 5. The monoisotopic (exact) mass is 851 g/mol. The molecule has 0 unspecified atom stereocenters. The topological polar surface area (TPSA) is 165 Å². The van der Waals surface area contributed by atoms with Crippen molar-refractivity contribution in [3.63, 3.8) is 0 Å². The number of hydrogen-bond donors (Lipinski definition) is 2. The van der Waals surface area contributed by atoms with Gasteiger partial charge in [-0.25, -0.2) is 0 Å². The summed E-state index contributed by atoms with van der Waals surface area (Å²) in [5, 5.41) is 5.90. The Bertz CT molecular complexity index is 2540. The van der Waals surface area contributed by atoms with Gasteiger partial charge in [-0.05, 0) is 71.1 Å². The zero-order chi connectivity index (χ0) is 43.9. The molecule has 0 bridgehead atoms. The number of amides is 4. The minimum Gasteiger partial charge on any atom is -0.493 e. The summed E-state index contributed by atoms with van der Waals surface area (Å²) in [6.45, 7) is 0.670.